The van der Waals surface area contributed by atoms with Crippen molar-refractivity contribution in [3.05, 3.63) is 65.7 Å². The zero-order valence-electron chi connectivity index (χ0n) is 12.4. The first-order valence-corrected chi connectivity index (χ1v) is 8.13. The molecule has 1 aliphatic heterocycles. The van der Waals surface area contributed by atoms with Gasteiger partial charge in [-0.25, -0.2) is 0 Å². The maximum Gasteiger partial charge on any atom is 0.237 e. The number of hydrogen-bond donors (Lipinski definition) is 2. The Morgan fingerprint density at radius 1 is 1.41 bits per heavy atom. The van der Waals surface area contributed by atoms with Crippen LogP contribution in [0.4, 0.5) is 5.69 Å². The normalized spacial score (nSPS) is 14.3. The molecule has 1 aromatic rings. The van der Waals surface area contributed by atoms with E-state index in [0.717, 1.165) is 30.0 Å². The van der Waals surface area contributed by atoms with Crippen LogP contribution < -0.4 is 10.4 Å². The molecule has 116 valence electrons. The minimum absolute atomic E-state index is 0.110. The Morgan fingerprint density at radius 3 is 3.05 bits per heavy atom. The largest absolute Gasteiger partial charge is 0.311 e. The van der Waals surface area contributed by atoms with Crippen LogP contribution >= 0.6 is 11.8 Å². The highest BCUT2D eigenvalue weighted by atomic mass is 32.2. The summed E-state index contributed by atoms with van der Waals surface area (Å²) in [4.78, 5) is 15.1. The molecule has 2 rings (SSSR count). The van der Waals surface area contributed by atoms with Crippen molar-refractivity contribution < 1.29 is 10.0 Å². The fourth-order valence-electron chi connectivity index (χ4n) is 2.33. The molecule has 0 saturated carbocycles. The van der Waals surface area contributed by atoms with Crippen molar-refractivity contribution in [3.8, 4) is 0 Å². The van der Waals surface area contributed by atoms with Crippen molar-refractivity contribution in [3.63, 3.8) is 0 Å². The summed E-state index contributed by atoms with van der Waals surface area (Å²) in [5.74, 6) is 0.485. The lowest BCUT2D eigenvalue weighted by atomic mass is 10.0. The molecule has 0 spiro atoms. The number of amides is 1. The van der Waals surface area contributed by atoms with E-state index in [1.54, 1.807) is 18.2 Å². The average molecular weight is 316 g/mol. The Balaban J connectivity index is 1.90. The third kappa shape index (κ3) is 4.51. The van der Waals surface area contributed by atoms with Gasteiger partial charge < -0.3 is 4.90 Å². The van der Waals surface area contributed by atoms with Gasteiger partial charge in [-0.05, 0) is 36.6 Å². The van der Waals surface area contributed by atoms with Gasteiger partial charge in [0.05, 0.1) is 5.75 Å². The molecule has 0 saturated heterocycles. The second kappa shape index (κ2) is 8.46. The van der Waals surface area contributed by atoms with E-state index in [9.17, 15) is 4.79 Å². The van der Waals surface area contributed by atoms with Gasteiger partial charge in [-0.2, -0.15) is 0 Å². The molecule has 1 aliphatic rings. The SMILES string of the molecule is C=C(/C=C\C=C/NO)SCC(=O)N1CCCc2ccccc21. The number of allylic oxidation sites excluding steroid dienone is 3. The highest BCUT2D eigenvalue weighted by Crippen LogP contribution is 2.27. The van der Waals surface area contributed by atoms with E-state index < -0.39 is 0 Å². The van der Waals surface area contributed by atoms with Crippen molar-refractivity contribution in [2.24, 2.45) is 0 Å². The summed E-state index contributed by atoms with van der Waals surface area (Å²) < 4.78 is 0. The van der Waals surface area contributed by atoms with Crippen LogP contribution in [0, 0.1) is 0 Å². The second-order valence-electron chi connectivity index (χ2n) is 4.88. The smallest absolute Gasteiger partial charge is 0.237 e. The van der Waals surface area contributed by atoms with Crippen LogP contribution in [0.15, 0.2) is 60.2 Å². The number of nitrogens with zero attached hydrogens (tertiary/aromatic N) is 1. The maximum absolute atomic E-state index is 12.4. The number of fused-ring (bicyclic) bond motifs is 1. The van der Waals surface area contributed by atoms with E-state index in [1.807, 2.05) is 28.6 Å². The summed E-state index contributed by atoms with van der Waals surface area (Å²) >= 11 is 1.42. The van der Waals surface area contributed by atoms with Crippen molar-refractivity contribution in [1.29, 1.82) is 0 Å². The minimum atomic E-state index is 0.110. The lowest BCUT2D eigenvalue weighted by Gasteiger charge is -2.29. The van der Waals surface area contributed by atoms with Gasteiger partial charge in [-0.15, -0.1) is 11.8 Å². The molecule has 0 aliphatic carbocycles. The number of anilines is 1. The van der Waals surface area contributed by atoms with E-state index >= 15 is 0 Å². The van der Waals surface area contributed by atoms with E-state index in [0.29, 0.717) is 5.75 Å². The van der Waals surface area contributed by atoms with Crippen LogP contribution in [-0.4, -0.2) is 23.4 Å². The zero-order valence-corrected chi connectivity index (χ0v) is 13.2. The first kappa shape index (κ1) is 16.4. The first-order valence-electron chi connectivity index (χ1n) is 7.15. The van der Waals surface area contributed by atoms with Gasteiger partial charge in [0.15, 0.2) is 0 Å². The summed E-state index contributed by atoms with van der Waals surface area (Å²) in [6.07, 6.45) is 8.63. The Bertz CT molecular complexity index is 596. The Hall–Kier alpha value is -1.98. The number of hydroxylamine groups is 1. The molecule has 1 heterocycles. The van der Waals surface area contributed by atoms with Crippen LogP contribution in [-0.2, 0) is 11.2 Å². The van der Waals surface area contributed by atoms with Crippen molar-refractivity contribution in [2.45, 2.75) is 12.8 Å². The molecule has 0 fully saturated rings. The molecule has 0 unspecified atom stereocenters. The first-order chi connectivity index (χ1) is 10.7. The van der Waals surface area contributed by atoms with Crippen LogP contribution in [0.5, 0.6) is 0 Å². The Kier molecular flexibility index (Phi) is 6.30. The van der Waals surface area contributed by atoms with Gasteiger partial charge in [0.1, 0.15) is 0 Å². The van der Waals surface area contributed by atoms with Crippen LogP contribution in [0.25, 0.3) is 0 Å². The Labute approximate surface area is 135 Å². The number of aryl methyl sites for hydroxylation is 1. The lowest BCUT2D eigenvalue weighted by Crippen LogP contribution is -2.36. The fourth-order valence-corrected chi connectivity index (χ4v) is 2.97. The van der Waals surface area contributed by atoms with Gasteiger partial charge in [0.2, 0.25) is 5.91 Å². The molecule has 0 bridgehead atoms. The number of carbonyl (C=O) groups excluding carboxylic acids is 1. The molecule has 5 heteroatoms. The number of para-hydroxylation sites is 1. The highest BCUT2D eigenvalue weighted by Gasteiger charge is 2.21. The van der Waals surface area contributed by atoms with Crippen molar-refractivity contribution in [2.75, 3.05) is 17.2 Å². The van der Waals surface area contributed by atoms with Crippen molar-refractivity contribution in [1.82, 2.24) is 5.48 Å². The molecule has 22 heavy (non-hydrogen) atoms. The van der Waals surface area contributed by atoms with E-state index in [-0.39, 0.29) is 5.91 Å². The molecule has 0 aromatic heterocycles. The van der Waals surface area contributed by atoms with E-state index in [4.69, 9.17) is 5.21 Å². The second-order valence-corrected chi connectivity index (χ2v) is 5.98. The quantitative estimate of drug-likeness (QED) is 0.625. The number of carbonyl (C=O) groups is 1. The predicted octanol–water partition coefficient (Wildman–Crippen LogP) is 3.26. The van der Waals surface area contributed by atoms with Gasteiger partial charge >= 0.3 is 0 Å². The third-order valence-corrected chi connectivity index (χ3v) is 4.25. The lowest BCUT2D eigenvalue weighted by molar-refractivity contribution is -0.116. The van der Waals surface area contributed by atoms with Gasteiger partial charge in [-0.3, -0.25) is 15.5 Å². The number of hydrogen-bond acceptors (Lipinski definition) is 4. The maximum atomic E-state index is 12.4. The molecule has 4 nitrogen and oxygen atoms in total. The molecule has 0 radical (unpaired) electrons. The molecular weight excluding hydrogens is 296 g/mol. The summed E-state index contributed by atoms with van der Waals surface area (Å²) in [7, 11) is 0. The van der Waals surface area contributed by atoms with Crippen molar-refractivity contribution >= 4 is 23.4 Å². The summed E-state index contributed by atoms with van der Waals surface area (Å²) in [5, 5.41) is 8.38. The number of nitrogens with one attached hydrogen (secondary N) is 1. The molecule has 1 amide bonds. The number of rotatable bonds is 6. The summed E-state index contributed by atoms with van der Waals surface area (Å²) in [6.45, 7) is 4.68. The number of thioether (sulfide) groups is 1. The van der Waals surface area contributed by atoms with E-state index in [2.05, 4.69) is 12.6 Å². The van der Waals surface area contributed by atoms with Gasteiger partial charge in [-0.1, -0.05) is 30.9 Å². The topological polar surface area (TPSA) is 52.6 Å². The summed E-state index contributed by atoms with van der Waals surface area (Å²) in [5.41, 5.74) is 4.20. The summed E-state index contributed by atoms with van der Waals surface area (Å²) in [6, 6.07) is 8.09. The van der Waals surface area contributed by atoms with Gasteiger partial charge in [0, 0.05) is 23.3 Å². The standard InChI is InChI=1S/C17H20N2O2S/c1-14(7-4-5-11-18-21)22-13-17(20)19-12-6-9-15-8-2-3-10-16(15)19/h2-5,7-8,10-11,18,21H,1,6,9,12-13H2/b7-4-,11-5-. The van der Waals surface area contributed by atoms with Gasteiger partial charge in [0.25, 0.3) is 0 Å². The molecule has 0 atom stereocenters. The van der Waals surface area contributed by atoms with Crippen LogP contribution in [0.3, 0.4) is 0 Å². The molecule has 1 aromatic carbocycles. The molecule has 2 N–H and O–H groups in total. The molecular formula is C17H20N2O2S. The highest BCUT2D eigenvalue weighted by molar-refractivity contribution is 8.03. The monoisotopic (exact) mass is 316 g/mol. The third-order valence-electron chi connectivity index (χ3n) is 3.36. The number of benzene rings is 1. The van der Waals surface area contributed by atoms with E-state index in [1.165, 1.54) is 23.5 Å². The Morgan fingerprint density at radius 2 is 2.23 bits per heavy atom. The fraction of sp³-hybridized carbons (Fsp3) is 0.235. The average Bonchev–Trinajstić information content (AvgIpc) is 2.56. The minimum Gasteiger partial charge on any atom is -0.311 e. The van der Waals surface area contributed by atoms with Crippen LogP contribution in [0.2, 0.25) is 0 Å². The zero-order chi connectivity index (χ0) is 15.8. The van der Waals surface area contributed by atoms with Crippen LogP contribution in [0.1, 0.15) is 12.0 Å². The predicted molar refractivity (Wildman–Crippen MR) is 91.9 cm³/mol.